The number of halogens is 2. The van der Waals surface area contributed by atoms with Crippen LogP contribution in [0.3, 0.4) is 0 Å². The second-order valence-electron chi connectivity index (χ2n) is 7.29. The van der Waals surface area contributed by atoms with Crippen molar-refractivity contribution < 1.29 is 13.6 Å². The number of carbonyl (C=O) groups is 1. The molecule has 0 spiro atoms. The first kappa shape index (κ1) is 19.1. The third-order valence-electron chi connectivity index (χ3n) is 4.94. The summed E-state index contributed by atoms with van der Waals surface area (Å²) in [5, 5.41) is 3.01. The number of anilines is 2. The van der Waals surface area contributed by atoms with Gasteiger partial charge in [0.25, 0.3) is 0 Å². The molecule has 0 aromatic heterocycles. The van der Waals surface area contributed by atoms with E-state index < -0.39 is 11.6 Å². The van der Waals surface area contributed by atoms with E-state index in [4.69, 9.17) is 0 Å². The molecule has 0 radical (unpaired) electrons. The Balaban J connectivity index is 1.85. The lowest BCUT2D eigenvalue weighted by atomic mass is 9.99. The summed E-state index contributed by atoms with van der Waals surface area (Å²) in [6.07, 6.45) is 1.16. The summed E-state index contributed by atoms with van der Waals surface area (Å²) in [6.45, 7) is 10.9. The fourth-order valence-electron chi connectivity index (χ4n) is 3.64. The van der Waals surface area contributed by atoms with Crippen LogP contribution in [0.2, 0.25) is 0 Å². The predicted octanol–water partition coefficient (Wildman–Crippen LogP) is 5.05. The monoisotopic (exact) mass is 370 g/mol. The Hall–Kier alpha value is -2.69. The fraction of sp³-hybridized carbons (Fsp3) is 0.318. The zero-order valence-electron chi connectivity index (χ0n) is 16.0. The lowest BCUT2D eigenvalue weighted by Gasteiger charge is -2.22. The summed E-state index contributed by atoms with van der Waals surface area (Å²) in [4.78, 5) is 14.3. The minimum Gasteiger partial charge on any atom is -0.367 e. The molecule has 3 nitrogen and oxygen atoms in total. The molecule has 0 atom stereocenters. The number of amides is 1. The number of hydrogen-bond donors (Lipinski definition) is 1. The van der Waals surface area contributed by atoms with Crippen molar-refractivity contribution in [1.29, 1.82) is 0 Å². The summed E-state index contributed by atoms with van der Waals surface area (Å²) in [5.41, 5.74) is 6.74. The van der Waals surface area contributed by atoms with Gasteiger partial charge >= 0.3 is 0 Å². The first-order valence-corrected chi connectivity index (χ1v) is 9.02. The van der Waals surface area contributed by atoms with Gasteiger partial charge in [0.1, 0.15) is 0 Å². The number of nitrogens with one attached hydrogen (secondary N) is 1. The van der Waals surface area contributed by atoms with Crippen LogP contribution in [0.5, 0.6) is 0 Å². The molecule has 0 saturated heterocycles. The third-order valence-corrected chi connectivity index (χ3v) is 4.94. The molecule has 0 unspecified atom stereocenters. The number of fused-ring (bicyclic) bond motifs is 1. The fourth-order valence-corrected chi connectivity index (χ4v) is 3.64. The second kappa shape index (κ2) is 7.51. The molecule has 1 N–H and O–H groups in total. The zero-order valence-corrected chi connectivity index (χ0v) is 16.0. The van der Waals surface area contributed by atoms with Crippen LogP contribution in [0.1, 0.15) is 35.6 Å². The largest absolute Gasteiger partial charge is 0.367 e. The van der Waals surface area contributed by atoms with Gasteiger partial charge in [-0.2, -0.15) is 0 Å². The maximum Gasteiger partial charge on any atom is 0.228 e. The van der Waals surface area contributed by atoms with Crippen molar-refractivity contribution in [2.45, 2.75) is 40.2 Å². The van der Waals surface area contributed by atoms with Crippen molar-refractivity contribution in [3.63, 3.8) is 0 Å². The van der Waals surface area contributed by atoms with E-state index in [0.29, 0.717) is 13.0 Å². The van der Waals surface area contributed by atoms with E-state index in [2.05, 4.69) is 22.9 Å². The summed E-state index contributed by atoms with van der Waals surface area (Å²) in [6, 6.07) is 6.09. The molecule has 2 aromatic carbocycles. The van der Waals surface area contributed by atoms with Crippen LogP contribution in [-0.4, -0.2) is 12.5 Å². The first-order chi connectivity index (χ1) is 12.8. The van der Waals surface area contributed by atoms with Crippen LogP contribution >= 0.6 is 0 Å². The summed E-state index contributed by atoms with van der Waals surface area (Å²) in [5.74, 6) is -1.72. The highest BCUT2D eigenvalue weighted by atomic mass is 19.2. The number of rotatable bonds is 5. The molecular formula is C22H24F2N2O. The molecule has 27 heavy (non-hydrogen) atoms. The van der Waals surface area contributed by atoms with E-state index in [1.165, 1.54) is 17.7 Å². The van der Waals surface area contributed by atoms with Crippen molar-refractivity contribution in [1.82, 2.24) is 0 Å². The van der Waals surface area contributed by atoms with Gasteiger partial charge in [-0.05, 0) is 67.6 Å². The van der Waals surface area contributed by atoms with Gasteiger partial charge in [-0.1, -0.05) is 18.2 Å². The second-order valence-corrected chi connectivity index (χ2v) is 7.29. The molecule has 1 aliphatic rings. The number of nitrogens with zero attached hydrogens (tertiary/aromatic N) is 1. The molecule has 3 rings (SSSR count). The Bertz CT molecular complexity index is 921. The quantitative estimate of drug-likeness (QED) is 0.747. The Kier molecular flexibility index (Phi) is 5.31. The molecule has 142 valence electrons. The summed E-state index contributed by atoms with van der Waals surface area (Å²) < 4.78 is 26.7. The molecule has 1 amide bonds. The minimum atomic E-state index is -0.831. The normalized spacial score (nSPS) is 12.9. The van der Waals surface area contributed by atoms with Crippen LogP contribution in [-0.2, 0) is 17.8 Å². The Morgan fingerprint density at radius 1 is 1.22 bits per heavy atom. The highest BCUT2D eigenvalue weighted by molar-refractivity contribution is 5.94. The van der Waals surface area contributed by atoms with Crippen molar-refractivity contribution in [2.75, 3.05) is 16.8 Å². The topological polar surface area (TPSA) is 32.3 Å². The number of hydrogen-bond acceptors (Lipinski definition) is 2. The van der Waals surface area contributed by atoms with E-state index in [0.717, 1.165) is 46.6 Å². The molecule has 0 fully saturated rings. The minimum absolute atomic E-state index is 0.0645. The van der Waals surface area contributed by atoms with Gasteiger partial charge in [-0.3, -0.25) is 4.79 Å². The van der Waals surface area contributed by atoms with Crippen LogP contribution in [0.4, 0.5) is 20.2 Å². The molecule has 1 aliphatic heterocycles. The van der Waals surface area contributed by atoms with Gasteiger partial charge in [-0.25, -0.2) is 8.78 Å². The van der Waals surface area contributed by atoms with Crippen molar-refractivity contribution in [3.05, 3.63) is 70.3 Å². The highest BCUT2D eigenvalue weighted by Gasteiger charge is 2.24. The molecule has 0 bridgehead atoms. The van der Waals surface area contributed by atoms with Crippen LogP contribution < -0.4 is 10.2 Å². The average molecular weight is 370 g/mol. The molecule has 0 aliphatic carbocycles. The Morgan fingerprint density at radius 3 is 2.63 bits per heavy atom. The number of aryl methyl sites for hydroxylation is 1. The van der Waals surface area contributed by atoms with E-state index in [1.54, 1.807) is 6.07 Å². The maximum atomic E-state index is 13.5. The Labute approximate surface area is 158 Å². The first-order valence-electron chi connectivity index (χ1n) is 9.02. The van der Waals surface area contributed by atoms with Gasteiger partial charge in [0.15, 0.2) is 11.6 Å². The van der Waals surface area contributed by atoms with Crippen molar-refractivity contribution in [2.24, 2.45) is 0 Å². The summed E-state index contributed by atoms with van der Waals surface area (Å²) in [7, 11) is 0. The van der Waals surface area contributed by atoms with Crippen LogP contribution in [0.25, 0.3) is 0 Å². The van der Waals surface area contributed by atoms with Crippen molar-refractivity contribution >= 4 is 17.3 Å². The van der Waals surface area contributed by atoms with Gasteiger partial charge in [-0.15, -0.1) is 0 Å². The van der Waals surface area contributed by atoms with Gasteiger partial charge < -0.3 is 10.2 Å². The van der Waals surface area contributed by atoms with Gasteiger partial charge in [0, 0.05) is 30.9 Å². The third kappa shape index (κ3) is 4.02. The van der Waals surface area contributed by atoms with Crippen LogP contribution in [0.15, 0.2) is 36.4 Å². The van der Waals surface area contributed by atoms with E-state index >= 15 is 0 Å². The SMILES string of the molecule is C=C(C)CC(=O)Nc1c(C)cc2c(c1C)CCN2Cc1ccc(F)c(F)c1. The molecule has 1 heterocycles. The van der Waals surface area contributed by atoms with Gasteiger partial charge in [0.2, 0.25) is 5.91 Å². The van der Waals surface area contributed by atoms with E-state index in [1.807, 2.05) is 20.8 Å². The van der Waals surface area contributed by atoms with Gasteiger partial charge in [0.05, 0.1) is 0 Å². The summed E-state index contributed by atoms with van der Waals surface area (Å²) >= 11 is 0. The number of carbonyl (C=O) groups excluding carboxylic acids is 1. The van der Waals surface area contributed by atoms with Crippen LogP contribution in [0, 0.1) is 25.5 Å². The maximum absolute atomic E-state index is 13.5. The highest BCUT2D eigenvalue weighted by Crippen LogP contribution is 2.37. The molecule has 0 saturated carbocycles. The Morgan fingerprint density at radius 2 is 1.96 bits per heavy atom. The number of benzene rings is 2. The smallest absolute Gasteiger partial charge is 0.228 e. The van der Waals surface area contributed by atoms with E-state index in [-0.39, 0.29) is 5.91 Å². The van der Waals surface area contributed by atoms with E-state index in [9.17, 15) is 13.6 Å². The average Bonchev–Trinajstić information content (AvgIpc) is 2.97. The van der Waals surface area contributed by atoms with Crippen molar-refractivity contribution in [3.8, 4) is 0 Å². The zero-order chi connectivity index (χ0) is 19.7. The molecule has 2 aromatic rings. The molecular weight excluding hydrogens is 346 g/mol. The standard InChI is InChI=1S/C22H24F2N2O/c1-13(2)9-21(27)25-22-14(3)10-20-17(15(22)4)7-8-26(20)12-16-5-6-18(23)19(24)11-16/h5-6,10-11H,1,7-9,12H2,2-4H3,(H,25,27). The predicted molar refractivity (Wildman–Crippen MR) is 105 cm³/mol. The lowest BCUT2D eigenvalue weighted by molar-refractivity contribution is -0.115. The lowest BCUT2D eigenvalue weighted by Crippen LogP contribution is -2.20. The molecule has 5 heteroatoms.